The van der Waals surface area contributed by atoms with Crippen LogP contribution in [0.4, 0.5) is 0 Å². The molecule has 1 rings (SSSR count). The molecule has 0 aromatic rings. The third-order valence-electron chi connectivity index (χ3n) is 4.93. The number of hydrogen-bond acceptors (Lipinski definition) is 5. The van der Waals surface area contributed by atoms with E-state index in [1.807, 2.05) is 41.5 Å². The fraction of sp³-hybridized carbons (Fsp3) is 0.895. The van der Waals surface area contributed by atoms with Crippen LogP contribution in [0.5, 0.6) is 0 Å². The van der Waals surface area contributed by atoms with Crippen molar-refractivity contribution in [2.24, 2.45) is 10.8 Å². The lowest BCUT2D eigenvalue weighted by Gasteiger charge is -2.23. The van der Waals surface area contributed by atoms with Crippen LogP contribution in [0.2, 0.25) is 0 Å². The molecule has 25 heavy (non-hydrogen) atoms. The molecule has 6 heteroatoms. The fourth-order valence-corrected chi connectivity index (χ4v) is 1.62. The van der Waals surface area contributed by atoms with Gasteiger partial charge < -0.3 is 19.3 Å². The summed E-state index contributed by atoms with van der Waals surface area (Å²) in [4.78, 5) is 22.0. The molecule has 6 nitrogen and oxygen atoms in total. The molecular formula is C19H36O6. The van der Waals surface area contributed by atoms with Crippen molar-refractivity contribution < 1.29 is 28.9 Å². The maximum atomic E-state index is 11.8. The lowest BCUT2D eigenvalue weighted by atomic mass is 9.91. The van der Waals surface area contributed by atoms with Crippen molar-refractivity contribution in [2.75, 3.05) is 13.2 Å². The average molecular weight is 360 g/mol. The van der Waals surface area contributed by atoms with E-state index in [0.29, 0.717) is 13.0 Å². The first-order valence-electron chi connectivity index (χ1n) is 9.06. The second kappa shape index (κ2) is 9.53. The molecule has 0 radical (unpaired) electrons. The average Bonchev–Trinajstić information content (AvgIpc) is 2.95. The number of aliphatic carboxylic acids is 1. The van der Waals surface area contributed by atoms with E-state index in [4.69, 9.17) is 19.3 Å². The summed E-state index contributed by atoms with van der Waals surface area (Å²) in [5, 5.41) is 8.44. The number of hydrogen-bond donors (Lipinski definition) is 1. The highest BCUT2D eigenvalue weighted by Crippen LogP contribution is 2.27. The Morgan fingerprint density at radius 3 is 1.96 bits per heavy atom. The molecule has 1 aliphatic rings. The Labute approximate surface area is 152 Å². The van der Waals surface area contributed by atoms with Crippen LogP contribution in [-0.4, -0.2) is 42.1 Å². The second-order valence-corrected chi connectivity index (χ2v) is 7.92. The van der Waals surface area contributed by atoms with Crippen LogP contribution in [0, 0.1) is 10.8 Å². The van der Waals surface area contributed by atoms with Gasteiger partial charge in [-0.05, 0) is 53.9 Å². The molecule has 0 saturated carbocycles. The molecule has 1 heterocycles. The van der Waals surface area contributed by atoms with Crippen LogP contribution in [0.25, 0.3) is 0 Å². The van der Waals surface area contributed by atoms with Gasteiger partial charge in [0, 0.05) is 0 Å². The largest absolute Gasteiger partial charge is 0.481 e. The van der Waals surface area contributed by atoms with Crippen molar-refractivity contribution in [3.63, 3.8) is 0 Å². The van der Waals surface area contributed by atoms with Gasteiger partial charge in [0.25, 0.3) is 0 Å². The summed E-state index contributed by atoms with van der Waals surface area (Å²) in [6, 6.07) is 0. The van der Waals surface area contributed by atoms with Crippen molar-refractivity contribution in [2.45, 2.75) is 86.5 Å². The first-order valence-corrected chi connectivity index (χ1v) is 9.06. The van der Waals surface area contributed by atoms with Gasteiger partial charge in [0.05, 0.1) is 17.4 Å². The van der Waals surface area contributed by atoms with Crippen molar-refractivity contribution in [1.29, 1.82) is 0 Å². The van der Waals surface area contributed by atoms with Gasteiger partial charge in [0.2, 0.25) is 0 Å². The van der Waals surface area contributed by atoms with Gasteiger partial charge >= 0.3 is 11.9 Å². The minimum Gasteiger partial charge on any atom is -0.481 e. The molecule has 0 aliphatic carbocycles. The highest BCUT2D eigenvalue weighted by atomic mass is 16.7. The van der Waals surface area contributed by atoms with Crippen LogP contribution in [0.15, 0.2) is 0 Å². The van der Waals surface area contributed by atoms with Gasteiger partial charge in [0.1, 0.15) is 12.7 Å². The number of ether oxygens (including phenoxy) is 3. The quantitative estimate of drug-likeness (QED) is 0.691. The van der Waals surface area contributed by atoms with Gasteiger partial charge in [-0.2, -0.15) is 0 Å². The highest BCUT2D eigenvalue weighted by molar-refractivity contribution is 5.75. The monoisotopic (exact) mass is 360 g/mol. The van der Waals surface area contributed by atoms with Crippen molar-refractivity contribution in [3.05, 3.63) is 0 Å². The SMILES string of the molecule is CCC(C)(C)C(=O)O.CCC1(C)OCC(COC(=O)C(C)(C)CC)O1. The molecule has 2 unspecified atom stereocenters. The van der Waals surface area contributed by atoms with E-state index < -0.39 is 22.6 Å². The summed E-state index contributed by atoms with van der Waals surface area (Å²) >= 11 is 0. The van der Waals surface area contributed by atoms with Crippen molar-refractivity contribution >= 4 is 11.9 Å². The van der Waals surface area contributed by atoms with Crippen molar-refractivity contribution in [1.82, 2.24) is 0 Å². The zero-order chi connectivity index (χ0) is 19.9. The van der Waals surface area contributed by atoms with Crippen LogP contribution in [0.1, 0.15) is 74.7 Å². The smallest absolute Gasteiger partial charge is 0.311 e. The standard InChI is InChI=1S/C13H24O4.C6H12O2/c1-6-12(3,4)11(14)15-8-10-9-16-13(5,7-2)17-10;1-4-6(2,3)5(7)8/h10H,6-9H2,1-5H3;4H2,1-3H3,(H,7,8). The molecule has 0 spiro atoms. The van der Waals surface area contributed by atoms with Crippen LogP contribution < -0.4 is 0 Å². The molecule has 1 saturated heterocycles. The minimum atomic E-state index is -0.722. The number of carboxylic acid groups (broad SMARTS) is 1. The Balaban J connectivity index is 0.000000609. The topological polar surface area (TPSA) is 82.1 Å². The summed E-state index contributed by atoms with van der Waals surface area (Å²) < 4.78 is 16.5. The number of carbonyl (C=O) groups excluding carboxylic acids is 1. The van der Waals surface area contributed by atoms with Gasteiger partial charge in [0.15, 0.2) is 5.79 Å². The van der Waals surface area contributed by atoms with E-state index in [1.54, 1.807) is 13.8 Å². The minimum absolute atomic E-state index is 0.142. The summed E-state index contributed by atoms with van der Waals surface area (Å²) in [6.45, 7) is 15.7. The molecule has 148 valence electrons. The van der Waals surface area contributed by atoms with Crippen LogP contribution >= 0.6 is 0 Å². The Morgan fingerprint density at radius 2 is 1.64 bits per heavy atom. The second-order valence-electron chi connectivity index (χ2n) is 7.92. The van der Waals surface area contributed by atoms with Crippen LogP contribution in [-0.2, 0) is 23.8 Å². The molecule has 1 fully saturated rings. The van der Waals surface area contributed by atoms with E-state index >= 15 is 0 Å². The lowest BCUT2D eigenvalue weighted by Crippen LogP contribution is -2.31. The number of rotatable bonds is 7. The first kappa shape index (κ1) is 23.9. The number of carboxylic acids is 1. The Morgan fingerprint density at radius 1 is 1.12 bits per heavy atom. The predicted octanol–water partition coefficient (Wildman–Crippen LogP) is 4.01. The molecule has 0 aromatic carbocycles. The number of esters is 1. The summed E-state index contributed by atoms with van der Waals surface area (Å²) in [5.74, 6) is -1.41. The predicted molar refractivity (Wildman–Crippen MR) is 96.3 cm³/mol. The summed E-state index contributed by atoms with van der Waals surface area (Å²) in [7, 11) is 0. The van der Waals surface area contributed by atoms with Gasteiger partial charge in [-0.25, -0.2) is 0 Å². The first-order chi connectivity index (χ1) is 11.3. The fourth-order valence-electron chi connectivity index (χ4n) is 1.62. The zero-order valence-corrected chi connectivity index (χ0v) is 17.1. The summed E-state index contributed by atoms with van der Waals surface area (Å²) in [6.07, 6.45) is 2.09. The molecule has 1 N–H and O–H groups in total. The van der Waals surface area contributed by atoms with E-state index in [0.717, 1.165) is 12.8 Å². The highest BCUT2D eigenvalue weighted by Gasteiger charge is 2.37. The van der Waals surface area contributed by atoms with E-state index in [9.17, 15) is 9.59 Å². The van der Waals surface area contributed by atoms with E-state index in [2.05, 4.69) is 0 Å². The molecule has 0 aromatic heterocycles. The maximum absolute atomic E-state index is 11.8. The van der Waals surface area contributed by atoms with Gasteiger partial charge in [-0.15, -0.1) is 0 Å². The summed E-state index contributed by atoms with van der Waals surface area (Å²) in [5.41, 5.74) is -0.965. The molecule has 2 atom stereocenters. The Bertz CT molecular complexity index is 443. The molecule has 1 aliphatic heterocycles. The normalized spacial score (nSPS) is 23.6. The molecular weight excluding hydrogens is 324 g/mol. The zero-order valence-electron chi connectivity index (χ0n) is 17.1. The molecule has 0 amide bonds. The van der Waals surface area contributed by atoms with Crippen molar-refractivity contribution in [3.8, 4) is 0 Å². The molecule has 0 bridgehead atoms. The van der Waals surface area contributed by atoms with Crippen LogP contribution in [0.3, 0.4) is 0 Å². The Hall–Kier alpha value is -1.14. The van der Waals surface area contributed by atoms with Gasteiger partial charge in [-0.1, -0.05) is 20.8 Å². The van der Waals surface area contributed by atoms with E-state index in [1.165, 1.54) is 0 Å². The maximum Gasteiger partial charge on any atom is 0.311 e. The third-order valence-corrected chi connectivity index (χ3v) is 4.93. The number of carbonyl (C=O) groups is 2. The van der Waals surface area contributed by atoms with E-state index in [-0.39, 0.29) is 18.7 Å². The Kier molecular flexibility index (Phi) is 9.09. The lowest BCUT2D eigenvalue weighted by molar-refractivity contribution is -0.171. The third kappa shape index (κ3) is 7.74. The van der Waals surface area contributed by atoms with Gasteiger partial charge in [-0.3, -0.25) is 9.59 Å².